The molecule has 0 aliphatic carbocycles. The van der Waals surface area contributed by atoms with E-state index in [2.05, 4.69) is 20.5 Å². The van der Waals surface area contributed by atoms with Gasteiger partial charge in [0.1, 0.15) is 5.82 Å². The zero-order valence-corrected chi connectivity index (χ0v) is 10.2. The molecule has 17 heavy (non-hydrogen) atoms. The van der Waals surface area contributed by atoms with Gasteiger partial charge in [-0.1, -0.05) is 0 Å². The molecule has 7 heteroatoms. The van der Waals surface area contributed by atoms with E-state index in [-0.39, 0.29) is 5.69 Å². The molecule has 4 N–H and O–H groups in total. The van der Waals surface area contributed by atoms with E-state index >= 15 is 0 Å². The molecule has 0 bridgehead atoms. The molecule has 0 aliphatic heterocycles. The molecule has 0 radical (unpaired) electrons. The van der Waals surface area contributed by atoms with Crippen molar-refractivity contribution in [2.24, 2.45) is 0 Å². The average Bonchev–Trinajstić information content (AvgIpc) is 2.85. The van der Waals surface area contributed by atoms with Crippen molar-refractivity contribution in [1.29, 1.82) is 0 Å². The highest BCUT2D eigenvalue weighted by Crippen LogP contribution is 2.20. The van der Waals surface area contributed by atoms with Crippen molar-refractivity contribution in [3.63, 3.8) is 0 Å². The van der Waals surface area contributed by atoms with Crippen LogP contribution in [0.3, 0.4) is 0 Å². The van der Waals surface area contributed by atoms with Crippen LogP contribution in [0.15, 0.2) is 16.2 Å². The predicted octanol–water partition coefficient (Wildman–Crippen LogP) is 0.483. The number of thiophene rings is 1. The highest BCUT2D eigenvalue weighted by molar-refractivity contribution is 7.10. The lowest BCUT2D eigenvalue weighted by molar-refractivity contribution is 0.185. The minimum absolute atomic E-state index is 0.314. The third-order valence-electron chi connectivity index (χ3n) is 2.37. The van der Waals surface area contributed by atoms with E-state index in [9.17, 15) is 9.90 Å². The van der Waals surface area contributed by atoms with Crippen molar-refractivity contribution < 1.29 is 5.11 Å². The summed E-state index contributed by atoms with van der Waals surface area (Å²) in [5.41, 5.74) is 0.679. The van der Waals surface area contributed by atoms with Gasteiger partial charge in [0.25, 0.3) is 0 Å². The molecule has 0 saturated heterocycles. The molecule has 1 unspecified atom stereocenters. The Hall–Kier alpha value is -1.60. The van der Waals surface area contributed by atoms with Gasteiger partial charge in [0.05, 0.1) is 6.10 Å². The summed E-state index contributed by atoms with van der Waals surface area (Å²) in [4.78, 5) is 14.5. The molecule has 0 aliphatic rings. The Morgan fingerprint density at radius 3 is 3.06 bits per heavy atom. The summed E-state index contributed by atoms with van der Waals surface area (Å²) in [5.74, 6) is 0.464. The summed E-state index contributed by atoms with van der Waals surface area (Å²) in [6.07, 6.45) is -0.275. The normalized spacial score (nSPS) is 12.6. The molecule has 92 valence electrons. The van der Waals surface area contributed by atoms with Gasteiger partial charge in [0.15, 0.2) is 0 Å². The summed E-state index contributed by atoms with van der Waals surface area (Å²) < 4.78 is 0. The first-order valence-electron chi connectivity index (χ1n) is 5.24. The highest BCUT2D eigenvalue weighted by Gasteiger charge is 2.09. The molecular weight excluding hydrogens is 240 g/mol. The van der Waals surface area contributed by atoms with Crippen molar-refractivity contribution in [2.75, 3.05) is 11.9 Å². The van der Waals surface area contributed by atoms with Crippen molar-refractivity contribution in [1.82, 2.24) is 15.2 Å². The third-order valence-corrected chi connectivity index (χ3v) is 3.21. The van der Waals surface area contributed by atoms with Gasteiger partial charge < -0.3 is 10.4 Å². The van der Waals surface area contributed by atoms with Gasteiger partial charge in [-0.3, -0.25) is 4.98 Å². The molecule has 2 aromatic rings. The number of anilines is 1. The lowest BCUT2D eigenvalue weighted by atomic mass is 10.2. The summed E-state index contributed by atoms with van der Waals surface area (Å²) in [6.45, 7) is 2.44. The molecule has 0 aromatic carbocycles. The molecule has 2 aromatic heterocycles. The minimum atomic E-state index is -0.590. The van der Waals surface area contributed by atoms with Crippen LogP contribution in [0, 0.1) is 6.92 Å². The van der Waals surface area contributed by atoms with Crippen LogP contribution in [0.1, 0.15) is 10.7 Å². The summed E-state index contributed by atoms with van der Waals surface area (Å²) in [7, 11) is 0. The summed E-state index contributed by atoms with van der Waals surface area (Å²) >= 11 is 1.65. The maximum Gasteiger partial charge on any atom is 0.340 e. The molecule has 0 spiro atoms. The number of rotatable bonds is 5. The Kier molecular flexibility index (Phi) is 3.60. The van der Waals surface area contributed by atoms with Gasteiger partial charge in [-0.25, -0.2) is 9.89 Å². The Labute approximate surface area is 102 Å². The first-order chi connectivity index (χ1) is 8.15. The number of aliphatic hydroxyl groups is 1. The highest BCUT2D eigenvalue weighted by atomic mass is 32.1. The number of nitrogens with zero attached hydrogens (tertiary/aromatic N) is 1. The first-order valence-corrected chi connectivity index (χ1v) is 6.12. The van der Waals surface area contributed by atoms with Crippen molar-refractivity contribution >= 4 is 17.0 Å². The number of hydrogen-bond acceptors (Lipinski definition) is 5. The number of aryl methyl sites for hydroxylation is 1. The Bertz CT molecular complexity index is 530. The van der Waals surface area contributed by atoms with Crippen LogP contribution in [-0.4, -0.2) is 32.9 Å². The van der Waals surface area contributed by atoms with Crippen LogP contribution in [-0.2, 0) is 6.42 Å². The van der Waals surface area contributed by atoms with Crippen LogP contribution in [0.4, 0.5) is 5.69 Å². The van der Waals surface area contributed by atoms with E-state index in [0.717, 1.165) is 5.69 Å². The number of hydrogen-bond donors (Lipinski definition) is 4. The van der Waals surface area contributed by atoms with E-state index in [1.165, 1.54) is 4.88 Å². The topological polar surface area (TPSA) is 93.8 Å². The van der Waals surface area contributed by atoms with Crippen molar-refractivity contribution in [3.05, 3.63) is 32.6 Å². The van der Waals surface area contributed by atoms with Crippen LogP contribution in [0.25, 0.3) is 0 Å². The second-order valence-corrected chi connectivity index (χ2v) is 4.87. The number of nitrogens with one attached hydrogen (secondary N) is 3. The van der Waals surface area contributed by atoms with Crippen LogP contribution in [0.2, 0.25) is 0 Å². The van der Waals surface area contributed by atoms with Crippen LogP contribution < -0.4 is 11.0 Å². The van der Waals surface area contributed by atoms with E-state index in [1.807, 2.05) is 18.4 Å². The molecule has 0 saturated carbocycles. The lowest BCUT2D eigenvalue weighted by Gasteiger charge is -2.10. The lowest BCUT2D eigenvalue weighted by Crippen LogP contribution is -2.22. The second kappa shape index (κ2) is 5.15. The van der Waals surface area contributed by atoms with Crippen molar-refractivity contribution in [2.45, 2.75) is 19.4 Å². The SMILES string of the molecule is Cc1sccc1NCC(O)Cc1n[nH]c(=O)[nH]1. The summed E-state index contributed by atoms with van der Waals surface area (Å²) in [6, 6.07) is 1.98. The first kappa shape index (κ1) is 11.9. The smallest absolute Gasteiger partial charge is 0.340 e. The van der Waals surface area contributed by atoms with Gasteiger partial charge in [-0.15, -0.1) is 11.3 Å². The van der Waals surface area contributed by atoms with Gasteiger partial charge >= 0.3 is 5.69 Å². The standard InChI is InChI=1S/C10H14N4O2S/c1-6-8(2-3-17-6)11-5-7(15)4-9-12-10(16)14-13-9/h2-3,7,11,15H,4-5H2,1H3,(H2,12,13,14,16). The average molecular weight is 254 g/mol. The van der Waals surface area contributed by atoms with Crippen LogP contribution in [0.5, 0.6) is 0 Å². The fourth-order valence-electron chi connectivity index (χ4n) is 1.49. The quantitative estimate of drug-likeness (QED) is 0.624. The zero-order chi connectivity index (χ0) is 12.3. The van der Waals surface area contributed by atoms with E-state index < -0.39 is 6.10 Å². The molecule has 6 nitrogen and oxygen atoms in total. The van der Waals surface area contributed by atoms with E-state index in [0.29, 0.717) is 18.8 Å². The molecule has 0 amide bonds. The number of H-pyrrole nitrogens is 2. The van der Waals surface area contributed by atoms with Gasteiger partial charge in [0.2, 0.25) is 0 Å². The molecule has 0 fully saturated rings. The third kappa shape index (κ3) is 3.18. The monoisotopic (exact) mass is 254 g/mol. The van der Waals surface area contributed by atoms with E-state index in [4.69, 9.17) is 0 Å². The minimum Gasteiger partial charge on any atom is -0.391 e. The molecule has 1 atom stereocenters. The Morgan fingerprint density at radius 1 is 1.65 bits per heavy atom. The second-order valence-electron chi connectivity index (χ2n) is 3.75. The van der Waals surface area contributed by atoms with Crippen LogP contribution >= 0.6 is 11.3 Å². The van der Waals surface area contributed by atoms with Gasteiger partial charge in [-0.2, -0.15) is 5.10 Å². The van der Waals surface area contributed by atoms with Crippen molar-refractivity contribution in [3.8, 4) is 0 Å². The molecular formula is C10H14N4O2S. The number of aromatic nitrogens is 3. The molecule has 2 rings (SSSR count). The maximum atomic E-state index is 10.8. The number of aromatic amines is 2. The Morgan fingerprint density at radius 2 is 2.47 bits per heavy atom. The maximum absolute atomic E-state index is 10.8. The van der Waals surface area contributed by atoms with E-state index in [1.54, 1.807) is 11.3 Å². The predicted molar refractivity (Wildman–Crippen MR) is 66.5 cm³/mol. The van der Waals surface area contributed by atoms with Gasteiger partial charge in [0, 0.05) is 23.5 Å². The fraction of sp³-hybridized carbons (Fsp3) is 0.400. The Balaban J connectivity index is 1.84. The largest absolute Gasteiger partial charge is 0.391 e. The fourth-order valence-corrected chi connectivity index (χ4v) is 2.17. The number of aliphatic hydroxyl groups excluding tert-OH is 1. The zero-order valence-electron chi connectivity index (χ0n) is 9.36. The molecule has 2 heterocycles. The van der Waals surface area contributed by atoms with Gasteiger partial charge in [-0.05, 0) is 18.4 Å². The summed E-state index contributed by atoms with van der Waals surface area (Å²) in [5, 5.41) is 20.9.